The predicted octanol–water partition coefficient (Wildman–Crippen LogP) is 2.83. The molecule has 1 aliphatic rings. The van der Waals surface area contributed by atoms with Gasteiger partial charge in [-0.15, -0.1) is 0 Å². The van der Waals surface area contributed by atoms with Gasteiger partial charge in [-0.25, -0.2) is 0 Å². The van der Waals surface area contributed by atoms with Gasteiger partial charge in [0.25, 0.3) is 0 Å². The van der Waals surface area contributed by atoms with E-state index in [4.69, 9.17) is 0 Å². The van der Waals surface area contributed by atoms with Gasteiger partial charge in [-0.3, -0.25) is 4.98 Å². The van der Waals surface area contributed by atoms with E-state index in [0.29, 0.717) is 5.56 Å². The zero-order chi connectivity index (χ0) is 14.5. The van der Waals surface area contributed by atoms with Gasteiger partial charge >= 0.3 is 0 Å². The molecular formula is C17H18N4. The monoisotopic (exact) mass is 278 g/mol. The van der Waals surface area contributed by atoms with Gasteiger partial charge in [0.1, 0.15) is 6.07 Å². The summed E-state index contributed by atoms with van der Waals surface area (Å²) in [6.45, 7) is 2.87. The predicted molar refractivity (Wildman–Crippen MR) is 85.1 cm³/mol. The van der Waals surface area contributed by atoms with E-state index in [9.17, 15) is 5.26 Å². The van der Waals surface area contributed by atoms with Crippen LogP contribution in [0.4, 0.5) is 5.69 Å². The van der Waals surface area contributed by atoms with Crippen LogP contribution in [0.1, 0.15) is 18.4 Å². The average molecular weight is 278 g/mol. The fraction of sp³-hybridized carbons (Fsp3) is 0.294. The maximum absolute atomic E-state index is 9.28. The molecule has 4 heteroatoms. The SMILES string of the molecule is N#Cc1cnc2ccccc2c1NCCC1=CCNCC1. The molecule has 0 saturated carbocycles. The van der Waals surface area contributed by atoms with Crippen LogP contribution >= 0.6 is 0 Å². The van der Waals surface area contributed by atoms with Crippen molar-refractivity contribution in [3.05, 3.63) is 47.7 Å². The highest BCUT2D eigenvalue weighted by atomic mass is 14.9. The van der Waals surface area contributed by atoms with Crippen LogP contribution in [0, 0.1) is 11.3 Å². The van der Waals surface area contributed by atoms with Gasteiger partial charge in [0, 0.05) is 24.7 Å². The Morgan fingerprint density at radius 2 is 2.24 bits per heavy atom. The summed E-state index contributed by atoms with van der Waals surface area (Å²) in [5, 5.41) is 17.0. The standard InChI is InChI=1S/C17H18N4/c18-11-14-12-21-16-4-2-1-3-15(16)17(14)20-10-7-13-5-8-19-9-6-13/h1-5,12,19H,6-10H2,(H,20,21). The number of anilines is 1. The number of pyridine rings is 1. The quantitative estimate of drug-likeness (QED) is 0.844. The molecule has 0 aliphatic carbocycles. The molecule has 1 aromatic carbocycles. The fourth-order valence-electron chi connectivity index (χ4n) is 2.66. The fourth-order valence-corrected chi connectivity index (χ4v) is 2.66. The van der Waals surface area contributed by atoms with Gasteiger partial charge < -0.3 is 10.6 Å². The summed E-state index contributed by atoms with van der Waals surface area (Å²) >= 11 is 0. The van der Waals surface area contributed by atoms with E-state index in [2.05, 4.69) is 27.8 Å². The molecule has 1 aliphatic heterocycles. The average Bonchev–Trinajstić information content (AvgIpc) is 2.56. The molecule has 2 aromatic rings. The molecule has 4 nitrogen and oxygen atoms in total. The first-order chi connectivity index (χ1) is 10.4. The third-order valence-corrected chi connectivity index (χ3v) is 3.80. The molecule has 106 valence electrons. The summed E-state index contributed by atoms with van der Waals surface area (Å²) in [7, 11) is 0. The first-order valence-corrected chi connectivity index (χ1v) is 7.29. The molecule has 0 bridgehead atoms. The Morgan fingerprint density at radius 3 is 3.05 bits per heavy atom. The lowest BCUT2D eigenvalue weighted by atomic mass is 10.1. The normalized spacial score (nSPS) is 14.5. The van der Waals surface area contributed by atoms with Crippen molar-refractivity contribution < 1.29 is 0 Å². The van der Waals surface area contributed by atoms with E-state index in [1.807, 2.05) is 24.3 Å². The van der Waals surface area contributed by atoms with Crippen LogP contribution in [-0.4, -0.2) is 24.6 Å². The molecule has 3 rings (SSSR count). The van der Waals surface area contributed by atoms with Gasteiger partial charge in [0.2, 0.25) is 0 Å². The van der Waals surface area contributed by atoms with Crippen LogP contribution in [-0.2, 0) is 0 Å². The Bertz CT molecular complexity index is 712. The Balaban J connectivity index is 1.79. The minimum atomic E-state index is 0.605. The number of benzene rings is 1. The zero-order valence-electron chi connectivity index (χ0n) is 11.9. The van der Waals surface area contributed by atoms with Crippen molar-refractivity contribution >= 4 is 16.6 Å². The number of aromatic nitrogens is 1. The summed E-state index contributed by atoms with van der Waals surface area (Å²) in [6.07, 6.45) is 6.04. The second-order valence-corrected chi connectivity index (χ2v) is 5.17. The van der Waals surface area contributed by atoms with Crippen molar-refractivity contribution in [3.8, 4) is 6.07 Å². The van der Waals surface area contributed by atoms with E-state index in [-0.39, 0.29) is 0 Å². The third kappa shape index (κ3) is 3.04. The van der Waals surface area contributed by atoms with Crippen LogP contribution in [0.3, 0.4) is 0 Å². The van der Waals surface area contributed by atoms with Crippen molar-refractivity contribution in [2.24, 2.45) is 0 Å². The van der Waals surface area contributed by atoms with E-state index in [1.54, 1.807) is 6.20 Å². The highest BCUT2D eigenvalue weighted by molar-refractivity contribution is 5.93. The van der Waals surface area contributed by atoms with Gasteiger partial charge in [0.05, 0.1) is 16.8 Å². The number of rotatable bonds is 4. The number of para-hydroxylation sites is 1. The van der Waals surface area contributed by atoms with Gasteiger partial charge in [-0.1, -0.05) is 29.8 Å². The molecule has 0 radical (unpaired) electrons. The maximum Gasteiger partial charge on any atom is 0.103 e. The lowest BCUT2D eigenvalue weighted by Crippen LogP contribution is -2.21. The topological polar surface area (TPSA) is 60.7 Å². The lowest BCUT2D eigenvalue weighted by molar-refractivity contribution is 0.683. The molecule has 0 unspecified atom stereocenters. The van der Waals surface area contributed by atoms with E-state index >= 15 is 0 Å². The second kappa shape index (κ2) is 6.38. The molecule has 2 N–H and O–H groups in total. The van der Waals surface area contributed by atoms with E-state index in [1.165, 1.54) is 5.57 Å². The highest BCUT2D eigenvalue weighted by Gasteiger charge is 2.08. The van der Waals surface area contributed by atoms with Crippen molar-refractivity contribution in [1.82, 2.24) is 10.3 Å². The summed E-state index contributed by atoms with van der Waals surface area (Å²) in [6, 6.07) is 10.1. The molecule has 21 heavy (non-hydrogen) atoms. The Morgan fingerprint density at radius 1 is 1.33 bits per heavy atom. The minimum absolute atomic E-state index is 0.605. The number of hydrogen-bond acceptors (Lipinski definition) is 4. The van der Waals surface area contributed by atoms with Crippen molar-refractivity contribution in [3.63, 3.8) is 0 Å². The van der Waals surface area contributed by atoms with Crippen LogP contribution in [0.25, 0.3) is 10.9 Å². The summed E-state index contributed by atoms with van der Waals surface area (Å²) in [5.74, 6) is 0. The zero-order valence-corrected chi connectivity index (χ0v) is 11.9. The third-order valence-electron chi connectivity index (χ3n) is 3.80. The van der Waals surface area contributed by atoms with E-state index in [0.717, 1.165) is 49.1 Å². The Labute approximate surface area is 124 Å². The van der Waals surface area contributed by atoms with Crippen LogP contribution in [0.15, 0.2) is 42.1 Å². The molecule has 0 spiro atoms. The summed E-state index contributed by atoms with van der Waals surface area (Å²) in [4.78, 5) is 4.33. The number of nitrogens with zero attached hydrogens (tertiary/aromatic N) is 2. The van der Waals surface area contributed by atoms with Crippen molar-refractivity contribution in [2.45, 2.75) is 12.8 Å². The number of nitrogens with one attached hydrogen (secondary N) is 2. The van der Waals surface area contributed by atoms with Crippen LogP contribution < -0.4 is 10.6 Å². The van der Waals surface area contributed by atoms with Gasteiger partial charge in [-0.2, -0.15) is 5.26 Å². The molecule has 1 aromatic heterocycles. The molecule has 0 saturated heterocycles. The maximum atomic E-state index is 9.28. The number of nitriles is 1. The highest BCUT2D eigenvalue weighted by Crippen LogP contribution is 2.25. The Kier molecular flexibility index (Phi) is 4.13. The Hall–Kier alpha value is -2.38. The summed E-state index contributed by atoms with van der Waals surface area (Å²) in [5.41, 5.74) is 3.91. The molecule has 0 atom stereocenters. The minimum Gasteiger partial charge on any atom is -0.383 e. The lowest BCUT2D eigenvalue weighted by Gasteiger charge is -2.15. The molecule has 0 amide bonds. The van der Waals surface area contributed by atoms with Crippen molar-refractivity contribution in [2.75, 3.05) is 25.0 Å². The first kappa shape index (κ1) is 13.6. The molecule has 0 fully saturated rings. The van der Waals surface area contributed by atoms with Gasteiger partial charge in [0.15, 0.2) is 0 Å². The molecule has 2 heterocycles. The van der Waals surface area contributed by atoms with Gasteiger partial charge in [-0.05, 0) is 25.5 Å². The van der Waals surface area contributed by atoms with Crippen molar-refractivity contribution in [1.29, 1.82) is 5.26 Å². The number of hydrogen-bond donors (Lipinski definition) is 2. The molecular weight excluding hydrogens is 260 g/mol. The smallest absolute Gasteiger partial charge is 0.103 e. The second-order valence-electron chi connectivity index (χ2n) is 5.17. The summed E-state index contributed by atoms with van der Waals surface area (Å²) < 4.78 is 0. The first-order valence-electron chi connectivity index (χ1n) is 7.29. The van der Waals surface area contributed by atoms with E-state index < -0.39 is 0 Å². The largest absolute Gasteiger partial charge is 0.383 e. The van der Waals surface area contributed by atoms with Crippen LogP contribution in [0.2, 0.25) is 0 Å². The number of fused-ring (bicyclic) bond motifs is 1. The van der Waals surface area contributed by atoms with Crippen LogP contribution in [0.5, 0.6) is 0 Å².